The van der Waals surface area contributed by atoms with Crippen LogP contribution in [0.2, 0.25) is 0 Å². The van der Waals surface area contributed by atoms with Crippen molar-refractivity contribution in [1.29, 1.82) is 0 Å². The Morgan fingerprint density at radius 2 is 2.10 bits per heavy atom. The third-order valence-electron chi connectivity index (χ3n) is 3.81. The molecule has 1 saturated heterocycles. The van der Waals surface area contributed by atoms with E-state index in [1.54, 1.807) is 0 Å². The molecule has 1 aromatic heterocycles. The minimum atomic E-state index is 0.152. The Hall–Kier alpha value is -1.53. The predicted molar refractivity (Wildman–Crippen MR) is 77.7 cm³/mol. The third-order valence-corrected chi connectivity index (χ3v) is 4.36. The zero-order chi connectivity index (χ0) is 13.9. The van der Waals surface area contributed by atoms with Gasteiger partial charge in [0.25, 0.3) is 0 Å². The molecule has 0 atom stereocenters. The van der Waals surface area contributed by atoms with Crippen LogP contribution in [-0.4, -0.2) is 45.9 Å². The van der Waals surface area contributed by atoms with E-state index >= 15 is 0 Å². The Bertz CT molecular complexity index is 607. The first-order chi connectivity index (χ1) is 9.74. The number of carbonyl (C=O) groups is 1. The van der Waals surface area contributed by atoms with Gasteiger partial charge in [0.1, 0.15) is 11.0 Å². The van der Waals surface area contributed by atoms with Crippen molar-refractivity contribution in [3.63, 3.8) is 0 Å². The Morgan fingerprint density at radius 1 is 1.35 bits per heavy atom. The number of carbonyl (C=O) groups excluding carboxylic acids is 1. The first-order valence-electron chi connectivity index (χ1n) is 6.78. The highest BCUT2D eigenvalue weighted by molar-refractivity contribution is 7.00. The molecule has 3 rings (SSSR count). The van der Waals surface area contributed by atoms with Crippen LogP contribution in [0.25, 0.3) is 11.0 Å². The van der Waals surface area contributed by atoms with Gasteiger partial charge in [0.15, 0.2) is 0 Å². The second-order valence-corrected chi connectivity index (χ2v) is 5.64. The smallest absolute Gasteiger partial charge is 0.226 e. The molecule has 2 heterocycles. The van der Waals surface area contributed by atoms with E-state index in [1.807, 2.05) is 30.1 Å². The van der Waals surface area contributed by atoms with Gasteiger partial charge in [0, 0.05) is 26.3 Å². The standard InChI is InChI=1S/C14H17N3O2S/c1-17(11-4-6-19-7-5-11)14(18)9-10-2-3-12-13(8-10)16-20-15-12/h2-3,8,11H,4-7,9H2,1H3. The second-order valence-electron chi connectivity index (χ2n) is 5.11. The monoisotopic (exact) mass is 291 g/mol. The molecule has 1 aliphatic rings. The fourth-order valence-corrected chi connectivity index (χ4v) is 3.03. The summed E-state index contributed by atoms with van der Waals surface area (Å²) in [4.78, 5) is 14.2. The Labute approximate surface area is 121 Å². The van der Waals surface area contributed by atoms with Crippen LogP contribution in [0.5, 0.6) is 0 Å². The molecule has 1 aromatic carbocycles. The van der Waals surface area contributed by atoms with Gasteiger partial charge in [-0.1, -0.05) is 6.07 Å². The fraction of sp³-hybridized carbons (Fsp3) is 0.500. The summed E-state index contributed by atoms with van der Waals surface area (Å²) in [5.41, 5.74) is 2.76. The molecule has 2 aromatic rings. The molecular weight excluding hydrogens is 274 g/mol. The van der Waals surface area contributed by atoms with Crippen molar-refractivity contribution in [3.8, 4) is 0 Å². The van der Waals surface area contributed by atoms with E-state index < -0.39 is 0 Å². The molecule has 20 heavy (non-hydrogen) atoms. The first kappa shape index (κ1) is 13.5. The molecule has 1 aliphatic heterocycles. The van der Waals surface area contributed by atoms with Gasteiger partial charge in [-0.3, -0.25) is 4.79 Å². The van der Waals surface area contributed by atoms with E-state index in [2.05, 4.69) is 8.75 Å². The number of hydrogen-bond acceptors (Lipinski definition) is 5. The van der Waals surface area contributed by atoms with E-state index in [0.717, 1.165) is 42.7 Å². The number of ether oxygens (including phenoxy) is 1. The molecule has 0 N–H and O–H groups in total. The molecule has 0 unspecified atom stereocenters. The van der Waals surface area contributed by atoms with Crippen molar-refractivity contribution in [2.45, 2.75) is 25.3 Å². The Balaban J connectivity index is 1.67. The van der Waals surface area contributed by atoms with Gasteiger partial charge in [0.2, 0.25) is 5.91 Å². The highest BCUT2D eigenvalue weighted by atomic mass is 32.1. The van der Waals surface area contributed by atoms with E-state index in [4.69, 9.17) is 4.74 Å². The lowest BCUT2D eigenvalue weighted by Crippen LogP contribution is -2.41. The Kier molecular flexibility index (Phi) is 3.93. The molecule has 5 nitrogen and oxygen atoms in total. The fourth-order valence-electron chi connectivity index (χ4n) is 2.51. The lowest BCUT2D eigenvalue weighted by molar-refractivity contribution is -0.132. The average Bonchev–Trinajstić information content (AvgIpc) is 2.95. The molecule has 1 amide bonds. The van der Waals surface area contributed by atoms with Gasteiger partial charge in [-0.25, -0.2) is 0 Å². The molecule has 0 saturated carbocycles. The molecule has 0 spiro atoms. The highest BCUT2D eigenvalue weighted by Gasteiger charge is 2.22. The number of rotatable bonds is 3. The van der Waals surface area contributed by atoms with E-state index in [1.165, 1.54) is 11.7 Å². The van der Waals surface area contributed by atoms with Crippen molar-refractivity contribution in [2.24, 2.45) is 0 Å². The highest BCUT2D eigenvalue weighted by Crippen LogP contribution is 2.17. The molecule has 0 radical (unpaired) electrons. The zero-order valence-electron chi connectivity index (χ0n) is 11.4. The summed E-state index contributed by atoms with van der Waals surface area (Å²) in [5, 5.41) is 0. The van der Waals surface area contributed by atoms with Gasteiger partial charge in [-0.15, -0.1) is 0 Å². The van der Waals surface area contributed by atoms with Crippen LogP contribution in [-0.2, 0) is 16.0 Å². The lowest BCUT2D eigenvalue weighted by atomic mass is 10.1. The average molecular weight is 291 g/mol. The van der Waals surface area contributed by atoms with Crippen LogP contribution in [0.1, 0.15) is 18.4 Å². The van der Waals surface area contributed by atoms with Crippen molar-refractivity contribution in [1.82, 2.24) is 13.6 Å². The minimum absolute atomic E-state index is 0.152. The van der Waals surface area contributed by atoms with E-state index in [0.29, 0.717) is 12.5 Å². The summed E-state index contributed by atoms with van der Waals surface area (Å²) in [5.74, 6) is 0.152. The normalized spacial score (nSPS) is 16.4. The summed E-state index contributed by atoms with van der Waals surface area (Å²) in [6.07, 6.45) is 2.27. The van der Waals surface area contributed by atoms with E-state index in [9.17, 15) is 4.79 Å². The molecule has 1 fully saturated rings. The quantitative estimate of drug-likeness (QED) is 0.866. The van der Waals surface area contributed by atoms with Crippen LogP contribution in [0.15, 0.2) is 18.2 Å². The number of fused-ring (bicyclic) bond motifs is 1. The largest absolute Gasteiger partial charge is 0.381 e. The van der Waals surface area contributed by atoms with Crippen molar-refractivity contribution in [3.05, 3.63) is 23.8 Å². The number of benzene rings is 1. The maximum absolute atomic E-state index is 12.3. The third kappa shape index (κ3) is 2.81. The summed E-state index contributed by atoms with van der Waals surface area (Å²) < 4.78 is 13.7. The van der Waals surface area contributed by atoms with Gasteiger partial charge in [0.05, 0.1) is 18.1 Å². The molecule has 0 bridgehead atoms. The zero-order valence-corrected chi connectivity index (χ0v) is 12.2. The second kappa shape index (κ2) is 5.85. The number of nitrogens with zero attached hydrogens (tertiary/aromatic N) is 3. The molecular formula is C14H17N3O2S. The van der Waals surface area contributed by atoms with Crippen LogP contribution in [0.4, 0.5) is 0 Å². The summed E-state index contributed by atoms with van der Waals surface area (Å²) in [6.45, 7) is 1.50. The van der Waals surface area contributed by atoms with Crippen LogP contribution in [0, 0.1) is 0 Å². The van der Waals surface area contributed by atoms with E-state index in [-0.39, 0.29) is 5.91 Å². The minimum Gasteiger partial charge on any atom is -0.381 e. The molecule has 6 heteroatoms. The van der Waals surface area contributed by atoms with Crippen LogP contribution < -0.4 is 0 Å². The summed E-state index contributed by atoms with van der Waals surface area (Å²) in [6, 6.07) is 6.14. The predicted octanol–water partition coefficient (Wildman–Crippen LogP) is 1.87. The van der Waals surface area contributed by atoms with Crippen molar-refractivity contribution in [2.75, 3.05) is 20.3 Å². The van der Waals surface area contributed by atoms with Crippen LogP contribution >= 0.6 is 11.7 Å². The lowest BCUT2D eigenvalue weighted by Gasteiger charge is -2.31. The van der Waals surface area contributed by atoms with Gasteiger partial charge in [-0.2, -0.15) is 8.75 Å². The molecule has 106 valence electrons. The SMILES string of the molecule is CN(C(=O)Cc1ccc2nsnc2c1)C1CCOCC1. The maximum Gasteiger partial charge on any atom is 0.226 e. The number of hydrogen-bond donors (Lipinski definition) is 0. The van der Waals surface area contributed by atoms with Gasteiger partial charge >= 0.3 is 0 Å². The van der Waals surface area contributed by atoms with Crippen molar-refractivity contribution < 1.29 is 9.53 Å². The summed E-state index contributed by atoms with van der Waals surface area (Å²) in [7, 11) is 1.89. The number of amides is 1. The van der Waals surface area contributed by atoms with Crippen molar-refractivity contribution >= 4 is 28.7 Å². The first-order valence-corrected chi connectivity index (χ1v) is 7.51. The summed E-state index contributed by atoms with van der Waals surface area (Å²) >= 11 is 1.20. The maximum atomic E-state index is 12.3. The Morgan fingerprint density at radius 3 is 2.90 bits per heavy atom. The van der Waals surface area contributed by atoms with Gasteiger partial charge in [-0.05, 0) is 30.5 Å². The van der Waals surface area contributed by atoms with Gasteiger partial charge < -0.3 is 9.64 Å². The number of aromatic nitrogens is 2. The number of likely N-dealkylation sites (N-methyl/N-ethyl adjacent to an activating group) is 1. The molecule has 0 aliphatic carbocycles. The van der Waals surface area contributed by atoms with Crippen LogP contribution in [0.3, 0.4) is 0 Å². The topological polar surface area (TPSA) is 55.3 Å².